The minimum absolute atomic E-state index is 0.522. The lowest BCUT2D eigenvalue weighted by Crippen LogP contribution is -2.51. The van der Waals surface area contributed by atoms with Gasteiger partial charge in [-0.05, 0) is 19.5 Å². The topological polar surface area (TPSA) is 58.3 Å². The van der Waals surface area contributed by atoms with Gasteiger partial charge < -0.3 is 10.6 Å². The van der Waals surface area contributed by atoms with Crippen LogP contribution in [0.3, 0.4) is 0 Å². The van der Waals surface area contributed by atoms with Gasteiger partial charge in [0.2, 0.25) is 0 Å². The number of piperazine rings is 1. The fourth-order valence-corrected chi connectivity index (χ4v) is 2.35. The van der Waals surface area contributed by atoms with E-state index in [4.69, 9.17) is 5.73 Å². The SMILES string of the molecule is CCC1CN(c2nnccc2CN)CCN1C. The second-order valence-electron chi connectivity index (χ2n) is 4.57. The van der Waals surface area contributed by atoms with Crippen LogP contribution < -0.4 is 10.6 Å². The molecule has 17 heavy (non-hydrogen) atoms. The quantitative estimate of drug-likeness (QED) is 0.825. The summed E-state index contributed by atoms with van der Waals surface area (Å²) < 4.78 is 0. The van der Waals surface area contributed by atoms with Gasteiger partial charge in [-0.2, -0.15) is 5.10 Å². The van der Waals surface area contributed by atoms with Crippen LogP contribution >= 0.6 is 0 Å². The molecular weight excluding hydrogens is 214 g/mol. The summed E-state index contributed by atoms with van der Waals surface area (Å²) in [6.07, 6.45) is 2.87. The normalized spacial score (nSPS) is 21.8. The first kappa shape index (κ1) is 12.3. The van der Waals surface area contributed by atoms with Gasteiger partial charge in [0.25, 0.3) is 0 Å². The van der Waals surface area contributed by atoms with Crippen molar-refractivity contribution in [2.24, 2.45) is 5.73 Å². The third-order valence-corrected chi connectivity index (χ3v) is 3.55. The average molecular weight is 235 g/mol. The molecule has 0 aliphatic carbocycles. The third kappa shape index (κ3) is 2.56. The first-order chi connectivity index (χ1) is 8.26. The highest BCUT2D eigenvalue weighted by Crippen LogP contribution is 2.20. The standard InChI is InChI=1S/C12H21N5/c1-3-11-9-17(7-6-16(11)2)12-10(8-13)4-5-14-15-12/h4-5,11H,3,6-9,13H2,1-2H3. The van der Waals surface area contributed by atoms with Crippen molar-refractivity contribution in [2.75, 3.05) is 31.6 Å². The zero-order chi connectivity index (χ0) is 12.3. The van der Waals surface area contributed by atoms with Crippen LogP contribution in [-0.4, -0.2) is 47.8 Å². The monoisotopic (exact) mass is 235 g/mol. The number of aromatic nitrogens is 2. The number of nitrogens with zero attached hydrogens (tertiary/aromatic N) is 4. The van der Waals surface area contributed by atoms with Crippen LogP contribution in [0.25, 0.3) is 0 Å². The van der Waals surface area contributed by atoms with Crippen molar-refractivity contribution in [3.05, 3.63) is 17.8 Å². The first-order valence-electron chi connectivity index (χ1n) is 6.22. The van der Waals surface area contributed by atoms with Crippen LogP contribution in [0.4, 0.5) is 5.82 Å². The Morgan fingerprint density at radius 1 is 1.47 bits per heavy atom. The maximum Gasteiger partial charge on any atom is 0.155 e. The van der Waals surface area contributed by atoms with Gasteiger partial charge in [-0.15, -0.1) is 5.10 Å². The van der Waals surface area contributed by atoms with E-state index in [9.17, 15) is 0 Å². The molecule has 1 unspecified atom stereocenters. The van der Waals surface area contributed by atoms with Gasteiger partial charge in [0.15, 0.2) is 5.82 Å². The van der Waals surface area contributed by atoms with Gasteiger partial charge >= 0.3 is 0 Å². The molecule has 2 N–H and O–H groups in total. The van der Waals surface area contributed by atoms with Crippen molar-refractivity contribution in [1.82, 2.24) is 15.1 Å². The van der Waals surface area contributed by atoms with Gasteiger partial charge in [-0.1, -0.05) is 6.92 Å². The van der Waals surface area contributed by atoms with Gasteiger partial charge in [-0.3, -0.25) is 4.90 Å². The molecule has 5 heteroatoms. The minimum Gasteiger partial charge on any atom is -0.352 e. The van der Waals surface area contributed by atoms with Gasteiger partial charge in [0, 0.05) is 37.8 Å². The molecule has 0 saturated carbocycles. The molecule has 0 spiro atoms. The van der Waals surface area contributed by atoms with Crippen molar-refractivity contribution < 1.29 is 0 Å². The van der Waals surface area contributed by atoms with Gasteiger partial charge in [0.1, 0.15) is 0 Å². The Hall–Kier alpha value is -1.20. The predicted molar refractivity (Wildman–Crippen MR) is 68.8 cm³/mol. The van der Waals surface area contributed by atoms with Crippen LogP contribution in [-0.2, 0) is 6.54 Å². The fraction of sp³-hybridized carbons (Fsp3) is 0.667. The van der Waals surface area contributed by atoms with Gasteiger partial charge in [-0.25, -0.2) is 0 Å². The van der Waals surface area contributed by atoms with E-state index in [1.807, 2.05) is 6.07 Å². The van der Waals surface area contributed by atoms with Crippen LogP contribution in [0, 0.1) is 0 Å². The molecule has 1 aromatic heterocycles. The zero-order valence-corrected chi connectivity index (χ0v) is 10.6. The molecule has 1 atom stereocenters. The lowest BCUT2D eigenvalue weighted by Gasteiger charge is -2.40. The van der Waals surface area contributed by atoms with Crippen molar-refractivity contribution in [1.29, 1.82) is 0 Å². The van der Waals surface area contributed by atoms with Crippen molar-refractivity contribution >= 4 is 5.82 Å². The molecule has 0 aromatic carbocycles. The third-order valence-electron chi connectivity index (χ3n) is 3.55. The highest BCUT2D eigenvalue weighted by molar-refractivity contribution is 5.46. The largest absolute Gasteiger partial charge is 0.352 e. The average Bonchev–Trinajstić information content (AvgIpc) is 2.39. The van der Waals surface area contributed by atoms with E-state index >= 15 is 0 Å². The van der Waals surface area contributed by atoms with Crippen LogP contribution in [0.5, 0.6) is 0 Å². The van der Waals surface area contributed by atoms with Crippen LogP contribution in [0.2, 0.25) is 0 Å². The Kier molecular flexibility index (Phi) is 3.91. The lowest BCUT2D eigenvalue weighted by atomic mass is 10.1. The molecule has 5 nitrogen and oxygen atoms in total. The number of rotatable bonds is 3. The second-order valence-corrected chi connectivity index (χ2v) is 4.57. The molecule has 1 saturated heterocycles. The lowest BCUT2D eigenvalue weighted by molar-refractivity contribution is 0.212. The molecule has 0 amide bonds. The van der Waals surface area contributed by atoms with E-state index in [0.717, 1.165) is 37.4 Å². The number of hydrogen-bond acceptors (Lipinski definition) is 5. The van der Waals surface area contributed by atoms with E-state index in [0.29, 0.717) is 12.6 Å². The Morgan fingerprint density at radius 3 is 3.00 bits per heavy atom. The maximum absolute atomic E-state index is 5.75. The number of hydrogen-bond donors (Lipinski definition) is 1. The van der Waals surface area contributed by atoms with E-state index in [-0.39, 0.29) is 0 Å². The van der Waals surface area contributed by atoms with E-state index < -0.39 is 0 Å². The number of nitrogens with two attached hydrogens (primary N) is 1. The Bertz CT molecular complexity index is 368. The van der Waals surface area contributed by atoms with Gasteiger partial charge in [0.05, 0.1) is 6.20 Å². The minimum atomic E-state index is 0.522. The summed E-state index contributed by atoms with van der Waals surface area (Å²) in [5.41, 5.74) is 6.83. The highest BCUT2D eigenvalue weighted by atomic mass is 15.3. The summed E-state index contributed by atoms with van der Waals surface area (Å²) in [6.45, 7) is 5.83. The van der Waals surface area contributed by atoms with E-state index in [1.54, 1.807) is 6.20 Å². The fourth-order valence-electron chi connectivity index (χ4n) is 2.35. The summed E-state index contributed by atoms with van der Waals surface area (Å²) in [4.78, 5) is 4.72. The molecule has 1 aromatic rings. The summed E-state index contributed by atoms with van der Waals surface area (Å²) in [6, 6.07) is 2.55. The van der Waals surface area contributed by atoms with Crippen LogP contribution in [0.1, 0.15) is 18.9 Å². The Morgan fingerprint density at radius 2 is 2.29 bits per heavy atom. The smallest absolute Gasteiger partial charge is 0.155 e. The molecule has 1 aliphatic heterocycles. The molecule has 1 aliphatic rings. The summed E-state index contributed by atoms with van der Waals surface area (Å²) in [7, 11) is 2.19. The molecule has 0 radical (unpaired) electrons. The Labute approximate surface area is 103 Å². The van der Waals surface area contributed by atoms with E-state index in [1.165, 1.54) is 0 Å². The molecule has 94 valence electrons. The number of likely N-dealkylation sites (N-methyl/N-ethyl adjacent to an activating group) is 1. The summed E-state index contributed by atoms with van der Waals surface area (Å²) >= 11 is 0. The van der Waals surface area contributed by atoms with Crippen molar-refractivity contribution in [3.63, 3.8) is 0 Å². The van der Waals surface area contributed by atoms with E-state index in [2.05, 4.69) is 34.0 Å². The molecular formula is C12H21N5. The maximum atomic E-state index is 5.75. The second kappa shape index (κ2) is 5.42. The Balaban J connectivity index is 2.17. The highest BCUT2D eigenvalue weighted by Gasteiger charge is 2.24. The molecule has 2 heterocycles. The van der Waals surface area contributed by atoms with Crippen molar-refractivity contribution in [3.8, 4) is 0 Å². The van der Waals surface area contributed by atoms with Crippen LogP contribution in [0.15, 0.2) is 12.3 Å². The van der Waals surface area contributed by atoms with Crippen molar-refractivity contribution in [2.45, 2.75) is 25.9 Å². The first-order valence-corrected chi connectivity index (χ1v) is 6.22. The predicted octanol–water partition coefficient (Wildman–Crippen LogP) is 0.466. The molecule has 0 bridgehead atoms. The summed E-state index contributed by atoms with van der Waals surface area (Å²) in [5, 5.41) is 8.22. The number of anilines is 1. The zero-order valence-electron chi connectivity index (χ0n) is 10.6. The summed E-state index contributed by atoms with van der Waals surface area (Å²) in [5.74, 6) is 0.960. The molecule has 2 rings (SSSR count). The molecule has 1 fully saturated rings.